The molecule has 0 saturated heterocycles. The molecule has 1 aromatic rings. The minimum absolute atomic E-state index is 0.615. The summed E-state index contributed by atoms with van der Waals surface area (Å²) in [4.78, 5) is 0. The predicted molar refractivity (Wildman–Crippen MR) is 70.4 cm³/mol. The fourth-order valence-corrected chi connectivity index (χ4v) is 2.27. The van der Waals surface area contributed by atoms with Gasteiger partial charge in [0.05, 0.1) is 0 Å². The topological polar surface area (TPSA) is 29.1 Å². The Balaban J connectivity index is 2.89. The van der Waals surface area contributed by atoms with Crippen molar-refractivity contribution in [1.29, 1.82) is 0 Å². The Kier molecular flexibility index (Phi) is 4.80. The Hall–Kier alpha value is -0.350. The standard InChI is InChI=1S/C11H16BrNOS/c1-8(2)6-9-7-10(13-15(3)14)4-5-11(9)12/h4-5,7-8,13H,6H2,1-3H3. The van der Waals surface area contributed by atoms with Gasteiger partial charge in [-0.15, -0.1) is 0 Å². The van der Waals surface area contributed by atoms with E-state index in [1.807, 2.05) is 18.2 Å². The van der Waals surface area contributed by atoms with Crippen LogP contribution >= 0.6 is 15.9 Å². The fraction of sp³-hybridized carbons (Fsp3) is 0.455. The monoisotopic (exact) mass is 289 g/mol. The Morgan fingerprint density at radius 1 is 1.47 bits per heavy atom. The smallest absolute Gasteiger partial charge is 0.113 e. The molecule has 0 aliphatic heterocycles. The molecule has 0 aliphatic rings. The highest BCUT2D eigenvalue weighted by Gasteiger charge is 2.04. The van der Waals surface area contributed by atoms with Gasteiger partial charge in [-0.2, -0.15) is 0 Å². The summed E-state index contributed by atoms with van der Waals surface area (Å²) in [6.45, 7) is 4.37. The van der Waals surface area contributed by atoms with Crippen LogP contribution in [0.2, 0.25) is 0 Å². The molecule has 1 N–H and O–H groups in total. The Bertz CT molecular complexity index is 366. The average Bonchev–Trinajstić information content (AvgIpc) is 2.09. The molecule has 84 valence electrons. The molecular formula is C11H16BrNOS. The lowest BCUT2D eigenvalue weighted by molar-refractivity contribution is 0.646. The van der Waals surface area contributed by atoms with Gasteiger partial charge in [-0.1, -0.05) is 29.8 Å². The summed E-state index contributed by atoms with van der Waals surface area (Å²) in [6, 6.07) is 5.97. The van der Waals surface area contributed by atoms with Crippen molar-refractivity contribution in [2.24, 2.45) is 5.92 Å². The molecule has 1 rings (SSSR count). The van der Waals surface area contributed by atoms with Crippen molar-refractivity contribution in [2.75, 3.05) is 11.0 Å². The second-order valence-electron chi connectivity index (χ2n) is 3.96. The predicted octanol–water partition coefficient (Wildman–Crippen LogP) is 3.35. The molecule has 0 amide bonds. The molecule has 0 aliphatic carbocycles. The number of rotatable bonds is 4. The normalized spacial score (nSPS) is 12.9. The molecule has 4 heteroatoms. The number of nitrogens with one attached hydrogen (secondary N) is 1. The molecule has 0 fully saturated rings. The molecule has 0 radical (unpaired) electrons. The lowest BCUT2D eigenvalue weighted by atomic mass is 10.0. The van der Waals surface area contributed by atoms with Gasteiger partial charge in [0.2, 0.25) is 0 Å². The van der Waals surface area contributed by atoms with Crippen LogP contribution in [0.25, 0.3) is 0 Å². The molecule has 0 heterocycles. The summed E-state index contributed by atoms with van der Waals surface area (Å²) < 4.78 is 15.0. The van der Waals surface area contributed by atoms with E-state index in [-0.39, 0.29) is 0 Å². The Labute approximate surface area is 102 Å². The third-order valence-electron chi connectivity index (χ3n) is 1.94. The minimum Gasteiger partial charge on any atom is -0.305 e. The van der Waals surface area contributed by atoms with Gasteiger partial charge < -0.3 is 4.72 Å². The molecule has 15 heavy (non-hydrogen) atoms. The molecule has 2 nitrogen and oxygen atoms in total. The van der Waals surface area contributed by atoms with E-state index in [1.54, 1.807) is 6.26 Å². The van der Waals surface area contributed by atoms with E-state index in [9.17, 15) is 4.21 Å². The van der Waals surface area contributed by atoms with Crippen LogP contribution in [0.1, 0.15) is 19.4 Å². The van der Waals surface area contributed by atoms with Crippen molar-refractivity contribution in [3.8, 4) is 0 Å². The molecular weight excluding hydrogens is 274 g/mol. The first kappa shape index (κ1) is 12.7. The SMILES string of the molecule is CC(C)Cc1cc(NS(C)=O)ccc1Br. The Morgan fingerprint density at radius 2 is 2.13 bits per heavy atom. The molecule has 1 aromatic carbocycles. The van der Waals surface area contributed by atoms with Gasteiger partial charge >= 0.3 is 0 Å². The number of anilines is 1. The first-order chi connectivity index (χ1) is 6.99. The van der Waals surface area contributed by atoms with E-state index in [0.29, 0.717) is 5.92 Å². The summed E-state index contributed by atoms with van der Waals surface area (Å²) in [5.74, 6) is 0.615. The zero-order valence-corrected chi connectivity index (χ0v) is 11.6. The maximum absolute atomic E-state index is 11.0. The van der Waals surface area contributed by atoms with Gasteiger partial charge in [0.1, 0.15) is 11.0 Å². The van der Waals surface area contributed by atoms with Crippen LogP contribution in [0.15, 0.2) is 22.7 Å². The van der Waals surface area contributed by atoms with Gasteiger partial charge in [-0.25, -0.2) is 4.21 Å². The molecule has 1 unspecified atom stereocenters. The van der Waals surface area contributed by atoms with Crippen LogP contribution in [0.3, 0.4) is 0 Å². The molecule has 0 saturated carbocycles. The van der Waals surface area contributed by atoms with Gasteiger partial charge in [0.25, 0.3) is 0 Å². The first-order valence-corrected chi connectivity index (χ1v) is 7.22. The van der Waals surface area contributed by atoms with Gasteiger partial charge in [-0.3, -0.25) is 0 Å². The number of hydrogen-bond donors (Lipinski definition) is 1. The van der Waals surface area contributed by atoms with Crippen molar-refractivity contribution < 1.29 is 4.21 Å². The molecule has 0 spiro atoms. The van der Waals surface area contributed by atoms with Gasteiger partial charge in [0.15, 0.2) is 0 Å². The number of benzene rings is 1. The van der Waals surface area contributed by atoms with Crippen molar-refractivity contribution in [2.45, 2.75) is 20.3 Å². The van der Waals surface area contributed by atoms with Crippen LogP contribution in [0.4, 0.5) is 5.69 Å². The van der Waals surface area contributed by atoms with Crippen LogP contribution in [0.5, 0.6) is 0 Å². The van der Waals surface area contributed by atoms with Crippen molar-refractivity contribution in [1.82, 2.24) is 0 Å². The maximum Gasteiger partial charge on any atom is 0.113 e. The summed E-state index contributed by atoms with van der Waals surface area (Å²) in [7, 11) is -1.01. The van der Waals surface area contributed by atoms with Crippen molar-refractivity contribution in [3.05, 3.63) is 28.2 Å². The van der Waals surface area contributed by atoms with E-state index < -0.39 is 11.0 Å². The van der Waals surface area contributed by atoms with Crippen LogP contribution in [-0.2, 0) is 17.4 Å². The summed E-state index contributed by atoms with van der Waals surface area (Å²) in [5.41, 5.74) is 2.16. The number of hydrogen-bond acceptors (Lipinski definition) is 1. The highest BCUT2D eigenvalue weighted by molar-refractivity contribution is 9.10. The summed E-state index contributed by atoms with van der Waals surface area (Å²) in [5, 5.41) is 0. The van der Waals surface area contributed by atoms with Gasteiger partial charge in [-0.05, 0) is 36.1 Å². The van der Waals surface area contributed by atoms with E-state index in [4.69, 9.17) is 0 Å². The molecule has 0 bridgehead atoms. The van der Waals surface area contributed by atoms with E-state index in [2.05, 4.69) is 34.5 Å². The van der Waals surface area contributed by atoms with Crippen LogP contribution in [0, 0.1) is 5.92 Å². The zero-order chi connectivity index (χ0) is 11.4. The van der Waals surface area contributed by atoms with E-state index in [1.165, 1.54) is 5.56 Å². The highest BCUT2D eigenvalue weighted by atomic mass is 79.9. The highest BCUT2D eigenvalue weighted by Crippen LogP contribution is 2.23. The van der Waals surface area contributed by atoms with E-state index >= 15 is 0 Å². The second-order valence-corrected chi connectivity index (χ2v) is 5.93. The molecule has 0 aromatic heterocycles. The zero-order valence-electron chi connectivity index (χ0n) is 9.21. The third-order valence-corrected chi connectivity index (χ3v) is 3.23. The third kappa shape index (κ3) is 4.34. The average molecular weight is 290 g/mol. The maximum atomic E-state index is 11.0. The fourth-order valence-electron chi connectivity index (χ4n) is 1.40. The Morgan fingerprint density at radius 3 is 2.67 bits per heavy atom. The van der Waals surface area contributed by atoms with Crippen molar-refractivity contribution in [3.63, 3.8) is 0 Å². The first-order valence-electron chi connectivity index (χ1n) is 4.87. The second kappa shape index (κ2) is 5.66. The molecule has 1 atom stereocenters. The quantitative estimate of drug-likeness (QED) is 0.905. The summed E-state index contributed by atoms with van der Waals surface area (Å²) in [6.07, 6.45) is 2.65. The van der Waals surface area contributed by atoms with E-state index in [0.717, 1.165) is 16.6 Å². The minimum atomic E-state index is -1.01. The lowest BCUT2D eigenvalue weighted by Gasteiger charge is -2.10. The van der Waals surface area contributed by atoms with Crippen molar-refractivity contribution >= 4 is 32.6 Å². The van der Waals surface area contributed by atoms with Crippen LogP contribution < -0.4 is 4.72 Å². The number of halogens is 1. The largest absolute Gasteiger partial charge is 0.305 e. The van der Waals surface area contributed by atoms with Crippen LogP contribution in [-0.4, -0.2) is 10.5 Å². The van der Waals surface area contributed by atoms with Gasteiger partial charge in [0, 0.05) is 16.4 Å². The lowest BCUT2D eigenvalue weighted by Crippen LogP contribution is -2.02. The summed E-state index contributed by atoms with van der Waals surface area (Å²) >= 11 is 3.52.